The smallest absolute Gasteiger partial charge is 0.350 e. The summed E-state index contributed by atoms with van der Waals surface area (Å²) in [6.45, 7) is 3.57. The van der Waals surface area contributed by atoms with Gasteiger partial charge in [-0.05, 0) is 32.6 Å². The zero-order valence-corrected chi connectivity index (χ0v) is 15.1. The topological polar surface area (TPSA) is 58.0 Å². The quantitative estimate of drug-likeness (QED) is 0.806. The van der Waals surface area contributed by atoms with Gasteiger partial charge in [-0.25, -0.2) is 9.97 Å². The van der Waals surface area contributed by atoms with Crippen LogP contribution in [0.25, 0.3) is 0 Å². The first-order valence-corrected chi connectivity index (χ1v) is 9.46. The van der Waals surface area contributed by atoms with E-state index in [0.717, 1.165) is 61.3 Å². The third kappa shape index (κ3) is 3.60. The zero-order valence-electron chi connectivity index (χ0n) is 14.3. The number of nitrogens with zero attached hydrogens (tertiary/aromatic N) is 6. The van der Waals surface area contributed by atoms with Gasteiger partial charge in [0.1, 0.15) is 22.8 Å². The molecule has 2 aromatic rings. The molecule has 0 spiro atoms. The van der Waals surface area contributed by atoms with Crippen molar-refractivity contribution in [2.45, 2.75) is 50.9 Å². The molecular formula is C16H19F3N6S. The van der Waals surface area contributed by atoms with Crippen molar-refractivity contribution < 1.29 is 13.2 Å². The Labute approximate surface area is 153 Å². The molecule has 0 bridgehead atoms. The van der Waals surface area contributed by atoms with Crippen LogP contribution in [0.3, 0.4) is 0 Å². The molecule has 0 unspecified atom stereocenters. The van der Waals surface area contributed by atoms with Crippen molar-refractivity contribution in [3.8, 4) is 0 Å². The summed E-state index contributed by atoms with van der Waals surface area (Å²) in [7, 11) is 0. The molecule has 1 saturated carbocycles. The Bertz CT molecular complexity index is 767. The van der Waals surface area contributed by atoms with Crippen LogP contribution in [0, 0.1) is 6.92 Å². The fourth-order valence-electron chi connectivity index (χ4n) is 3.42. The SMILES string of the molecule is Cc1nnc(N2CCC(N(c3cc(C(F)(F)F)ncn3)C3CC3)CC2)s1. The van der Waals surface area contributed by atoms with E-state index in [1.165, 1.54) is 0 Å². The number of alkyl halides is 3. The number of aryl methyl sites for hydroxylation is 1. The van der Waals surface area contributed by atoms with Gasteiger partial charge in [0.25, 0.3) is 0 Å². The fourth-order valence-corrected chi connectivity index (χ4v) is 4.16. The highest BCUT2D eigenvalue weighted by Gasteiger charge is 2.39. The Balaban J connectivity index is 1.50. The predicted octanol–water partition coefficient (Wildman–Crippen LogP) is 3.29. The third-order valence-electron chi connectivity index (χ3n) is 4.79. The lowest BCUT2D eigenvalue weighted by Crippen LogP contribution is -2.46. The van der Waals surface area contributed by atoms with Gasteiger partial charge < -0.3 is 9.80 Å². The lowest BCUT2D eigenvalue weighted by atomic mass is 10.0. The molecule has 2 aromatic heterocycles. The molecule has 140 valence electrons. The summed E-state index contributed by atoms with van der Waals surface area (Å²) in [5.41, 5.74) is -0.880. The molecule has 0 radical (unpaired) electrons. The average molecular weight is 384 g/mol. The van der Waals surface area contributed by atoms with Gasteiger partial charge >= 0.3 is 6.18 Å². The maximum Gasteiger partial charge on any atom is 0.433 e. The number of piperidine rings is 1. The van der Waals surface area contributed by atoms with Crippen LogP contribution < -0.4 is 9.80 Å². The van der Waals surface area contributed by atoms with Crippen LogP contribution in [-0.2, 0) is 6.18 Å². The van der Waals surface area contributed by atoms with Crippen molar-refractivity contribution in [2.75, 3.05) is 22.9 Å². The van der Waals surface area contributed by atoms with E-state index in [0.29, 0.717) is 5.82 Å². The van der Waals surface area contributed by atoms with E-state index in [9.17, 15) is 13.2 Å². The second-order valence-corrected chi connectivity index (χ2v) is 7.88. The number of anilines is 2. The fraction of sp³-hybridized carbons (Fsp3) is 0.625. The van der Waals surface area contributed by atoms with Gasteiger partial charge in [-0.3, -0.25) is 0 Å². The number of aromatic nitrogens is 4. The minimum atomic E-state index is -4.45. The van der Waals surface area contributed by atoms with E-state index >= 15 is 0 Å². The van der Waals surface area contributed by atoms with Gasteiger partial charge in [0.2, 0.25) is 5.13 Å². The first-order chi connectivity index (χ1) is 12.4. The standard InChI is InChI=1S/C16H19F3N6S/c1-10-22-23-15(26-10)24-6-4-12(5-7-24)25(11-2-3-11)14-8-13(16(17,18)19)20-9-21-14/h8-9,11-12H,2-7H2,1H3. The lowest BCUT2D eigenvalue weighted by Gasteiger charge is -2.39. The molecule has 2 aliphatic rings. The molecule has 0 atom stereocenters. The summed E-state index contributed by atoms with van der Waals surface area (Å²) < 4.78 is 39.0. The van der Waals surface area contributed by atoms with Crippen molar-refractivity contribution in [3.05, 3.63) is 23.1 Å². The minimum Gasteiger partial charge on any atom is -0.350 e. The number of halogens is 3. The maximum atomic E-state index is 13.0. The van der Waals surface area contributed by atoms with Crippen LogP contribution >= 0.6 is 11.3 Å². The van der Waals surface area contributed by atoms with Crippen LogP contribution in [0.4, 0.5) is 24.1 Å². The molecule has 3 heterocycles. The zero-order chi connectivity index (χ0) is 18.3. The molecule has 6 nitrogen and oxygen atoms in total. The molecule has 1 saturated heterocycles. The van der Waals surface area contributed by atoms with Crippen molar-refractivity contribution in [1.82, 2.24) is 20.2 Å². The van der Waals surface area contributed by atoms with Crippen LogP contribution in [0.2, 0.25) is 0 Å². The molecular weight excluding hydrogens is 365 g/mol. The summed E-state index contributed by atoms with van der Waals surface area (Å²) in [6, 6.07) is 1.55. The Hall–Kier alpha value is -1.97. The number of rotatable bonds is 4. The van der Waals surface area contributed by atoms with E-state index in [1.54, 1.807) is 11.3 Å². The molecule has 0 amide bonds. The highest BCUT2D eigenvalue weighted by atomic mass is 32.1. The van der Waals surface area contributed by atoms with Crippen molar-refractivity contribution >= 4 is 22.3 Å². The van der Waals surface area contributed by atoms with E-state index < -0.39 is 11.9 Å². The van der Waals surface area contributed by atoms with E-state index in [1.807, 2.05) is 6.92 Å². The number of hydrogen-bond acceptors (Lipinski definition) is 7. The van der Waals surface area contributed by atoms with Gasteiger partial charge in [0.15, 0.2) is 0 Å². The van der Waals surface area contributed by atoms with Gasteiger partial charge in [0.05, 0.1) is 0 Å². The monoisotopic (exact) mass is 384 g/mol. The minimum absolute atomic E-state index is 0.184. The lowest BCUT2D eigenvalue weighted by molar-refractivity contribution is -0.141. The largest absolute Gasteiger partial charge is 0.433 e. The van der Waals surface area contributed by atoms with Crippen molar-refractivity contribution in [2.24, 2.45) is 0 Å². The van der Waals surface area contributed by atoms with Crippen molar-refractivity contribution in [1.29, 1.82) is 0 Å². The van der Waals surface area contributed by atoms with E-state index in [4.69, 9.17) is 0 Å². The molecule has 1 aliphatic carbocycles. The van der Waals surface area contributed by atoms with Gasteiger partial charge in [0, 0.05) is 31.2 Å². The molecule has 1 aliphatic heterocycles. The Morgan fingerprint density at radius 1 is 1.08 bits per heavy atom. The maximum absolute atomic E-state index is 13.0. The van der Waals surface area contributed by atoms with Crippen LogP contribution in [-0.4, -0.2) is 45.3 Å². The Morgan fingerprint density at radius 3 is 2.35 bits per heavy atom. The van der Waals surface area contributed by atoms with Gasteiger partial charge in [-0.1, -0.05) is 11.3 Å². The number of hydrogen-bond donors (Lipinski definition) is 0. The first kappa shape index (κ1) is 17.4. The first-order valence-electron chi connectivity index (χ1n) is 8.64. The van der Waals surface area contributed by atoms with Crippen molar-refractivity contribution in [3.63, 3.8) is 0 Å². The normalized spacial score (nSPS) is 19.0. The summed E-state index contributed by atoms with van der Waals surface area (Å²) in [5, 5.41) is 10.1. The third-order valence-corrected chi connectivity index (χ3v) is 5.69. The van der Waals surface area contributed by atoms with Gasteiger partial charge in [-0.2, -0.15) is 13.2 Å². The second kappa shape index (κ2) is 6.64. The molecule has 0 aromatic carbocycles. The summed E-state index contributed by atoms with van der Waals surface area (Å²) in [4.78, 5) is 11.8. The van der Waals surface area contributed by atoms with Crippen LogP contribution in [0.1, 0.15) is 36.4 Å². The molecule has 0 N–H and O–H groups in total. The van der Waals surface area contributed by atoms with Crippen LogP contribution in [0.15, 0.2) is 12.4 Å². The molecule has 10 heteroatoms. The van der Waals surface area contributed by atoms with Gasteiger partial charge in [-0.15, -0.1) is 10.2 Å². The summed E-state index contributed by atoms with van der Waals surface area (Å²) >= 11 is 1.57. The molecule has 26 heavy (non-hydrogen) atoms. The highest BCUT2D eigenvalue weighted by Crippen LogP contribution is 2.37. The summed E-state index contributed by atoms with van der Waals surface area (Å²) in [6.07, 6.45) is 0.294. The second-order valence-electron chi connectivity index (χ2n) is 6.72. The Kier molecular flexibility index (Phi) is 4.45. The Morgan fingerprint density at radius 2 is 1.77 bits per heavy atom. The molecule has 2 fully saturated rings. The van der Waals surface area contributed by atoms with Crippen LogP contribution in [0.5, 0.6) is 0 Å². The predicted molar refractivity (Wildman–Crippen MR) is 92.4 cm³/mol. The van der Waals surface area contributed by atoms with E-state index in [-0.39, 0.29) is 12.1 Å². The summed E-state index contributed by atoms with van der Waals surface area (Å²) in [5.74, 6) is 0.389. The van der Waals surface area contributed by atoms with E-state index in [2.05, 4.69) is 30.0 Å². The molecule has 4 rings (SSSR count). The highest BCUT2D eigenvalue weighted by molar-refractivity contribution is 7.15. The average Bonchev–Trinajstić information content (AvgIpc) is 3.35.